The van der Waals surface area contributed by atoms with Crippen molar-refractivity contribution in [2.24, 2.45) is 5.73 Å². The van der Waals surface area contributed by atoms with Crippen molar-refractivity contribution in [3.63, 3.8) is 0 Å². The fraction of sp³-hybridized carbons (Fsp3) is 0.263. The molecule has 1 atom stereocenters. The molecule has 0 spiro atoms. The van der Waals surface area contributed by atoms with Crippen molar-refractivity contribution in [2.45, 2.75) is 18.9 Å². The van der Waals surface area contributed by atoms with Crippen molar-refractivity contribution in [1.29, 1.82) is 0 Å². The molecule has 1 aliphatic heterocycles. The number of benzene rings is 2. The van der Waals surface area contributed by atoms with Crippen LogP contribution in [-0.4, -0.2) is 25.1 Å². The van der Waals surface area contributed by atoms with Crippen LogP contribution < -0.4 is 21.1 Å². The van der Waals surface area contributed by atoms with Crippen molar-refractivity contribution >= 4 is 11.9 Å². The molecule has 25 heavy (non-hydrogen) atoms. The van der Waals surface area contributed by atoms with Crippen LogP contribution in [0.2, 0.25) is 0 Å². The zero-order chi connectivity index (χ0) is 17.6. The van der Waals surface area contributed by atoms with Crippen LogP contribution in [-0.2, 0) is 6.54 Å². The second-order valence-corrected chi connectivity index (χ2v) is 6.00. The number of rotatable bonds is 5. The Morgan fingerprint density at radius 2 is 1.84 bits per heavy atom. The van der Waals surface area contributed by atoms with E-state index in [4.69, 9.17) is 10.5 Å². The summed E-state index contributed by atoms with van der Waals surface area (Å²) >= 11 is 0. The van der Waals surface area contributed by atoms with Crippen molar-refractivity contribution in [3.8, 4) is 5.75 Å². The number of hydrogen-bond acceptors (Lipinski definition) is 3. The Morgan fingerprint density at radius 3 is 2.60 bits per heavy atom. The summed E-state index contributed by atoms with van der Waals surface area (Å²) in [5, 5.41) is 5.51. The van der Waals surface area contributed by atoms with Crippen LogP contribution in [0.25, 0.3) is 0 Å². The smallest absolute Gasteiger partial charge is 0.312 e. The van der Waals surface area contributed by atoms with E-state index in [-0.39, 0.29) is 11.8 Å². The highest BCUT2D eigenvalue weighted by Gasteiger charge is 2.21. The van der Waals surface area contributed by atoms with Gasteiger partial charge in [-0.05, 0) is 35.7 Å². The maximum absolute atomic E-state index is 12.3. The number of ether oxygens (including phenoxy) is 1. The first-order valence-electron chi connectivity index (χ1n) is 8.25. The maximum Gasteiger partial charge on any atom is 0.312 e. The summed E-state index contributed by atoms with van der Waals surface area (Å²) in [4.78, 5) is 23.1. The average Bonchev–Trinajstić information content (AvgIpc) is 2.64. The number of para-hydroxylation sites is 1. The van der Waals surface area contributed by atoms with Gasteiger partial charge in [0.1, 0.15) is 5.75 Å². The molecule has 3 amide bonds. The fourth-order valence-electron chi connectivity index (χ4n) is 2.91. The van der Waals surface area contributed by atoms with Crippen LogP contribution in [0.15, 0.2) is 48.5 Å². The normalized spacial score (nSPS) is 15.6. The van der Waals surface area contributed by atoms with Crippen molar-refractivity contribution in [3.05, 3.63) is 65.2 Å². The Hall–Kier alpha value is -3.02. The zero-order valence-corrected chi connectivity index (χ0v) is 13.8. The lowest BCUT2D eigenvalue weighted by atomic mass is 9.93. The van der Waals surface area contributed by atoms with E-state index in [1.807, 2.05) is 24.3 Å². The second kappa shape index (κ2) is 7.70. The summed E-state index contributed by atoms with van der Waals surface area (Å²) < 4.78 is 5.65. The first-order chi connectivity index (χ1) is 12.1. The Balaban J connectivity index is 1.57. The predicted octanol–water partition coefficient (Wildman–Crippen LogP) is 2.15. The molecule has 6 nitrogen and oxygen atoms in total. The van der Waals surface area contributed by atoms with E-state index in [0.717, 1.165) is 23.3 Å². The number of fused-ring (bicyclic) bond motifs is 1. The maximum atomic E-state index is 12.3. The third-order valence-corrected chi connectivity index (χ3v) is 4.27. The number of primary amides is 1. The van der Waals surface area contributed by atoms with Crippen LogP contribution in [0, 0.1) is 0 Å². The number of amides is 3. The Morgan fingerprint density at radius 1 is 1.08 bits per heavy atom. The number of carbonyl (C=O) groups excluding carboxylic acids is 2. The first kappa shape index (κ1) is 16.8. The van der Waals surface area contributed by atoms with Crippen LogP contribution >= 0.6 is 0 Å². The molecule has 4 N–H and O–H groups in total. The van der Waals surface area contributed by atoms with Gasteiger partial charge in [0.15, 0.2) is 0 Å². The largest absolute Gasteiger partial charge is 0.493 e. The summed E-state index contributed by atoms with van der Waals surface area (Å²) in [6, 6.07) is 14.5. The molecule has 0 saturated heterocycles. The molecule has 1 heterocycles. The Labute approximate surface area is 146 Å². The highest BCUT2D eigenvalue weighted by Crippen LogP contribution is 2.32. The standard InChI is InChI=1S/C19H21N3O3/c20-19(24)22-11-13-5-7-14(8-6-13)18(23)21-12-15-9-10-25-17-4-2-1-3-16(15)17/h1-8,15H,9-12H2,(H,21,23)(H3,20,22,24). The second-order valence-electron chi connectivity index (χ2n) is 6.00. The average molecular weight is 339 g/mol. The molecule has 6 heteroatoms. The van der Waals surface area contributed by atoms with Crippen LogP contribution in [0.3, 0.4) is 0 Å². The summed E-state index contributed by atoms with van der Waals surface area (Å²) in [6.45, 7) is 1.58. The van der Waals surface area contributed by atoms with Crippen molar-refractivity contribution in [1.82, 2.24) is 10.6 Å². The topological polar surface area (TPSA) is 93.5 Å². The molecular weight excluding hydrogens is 318 g/mol. The van der Waals surface area contributed by atoms with Gasteiger partial charge >= 0.3 is 6.03 Å². The van der Waals surface area contributed by atoms with Gasteiger partial charge in [0.05, 0.1) is 6.61 Å². The van der Waals surface area contributed by atoms with E-state index in [0.29, 0.717) is 25.3 Å². The van der Waals surface area contributed by atoms with Crippen LogP contribution in [0.4, 0.5) is 4.79 Å². The van der Waals surface area contributed by atoms with E-state index >= 15 is 0 Å². The molecule has 0 bridgehead atoms. The number of nitrogens with one attached hydrogen (secondary N) is 2. The van der Waals surface area contributed by atoms with Gasteiger partial charge in [-0.1, -0.05) is 30.3 Å². The van der Waals surface area contributed by atoms with Gasteiger partial charge < -0.3 is 21.1 Å². The minimum absolute atomic E-state index is 0.113. The fourth-order valence-corrected chi connectivity index (χ4v) is 2.91. The summed E-state index contributed by atoms with van der Waals surface area (Å²) in [6.07, 6.45) is 0.884. The third kappa shape index (κ3) is 4.29. The third-order valence-electron chi connectivity index (χ3n) is 4.27. The van der Waals surface area contributed by atoms with Gasteiger partial charge in [0.25, 0.3) is 5.91 Å². The van der Waals surface area contributed by atoms with Crippen molar-refractivity contribution < 1.29 is 14.3 Å². The van der Waals surface area contributed by atoms with E-state index < -0.39 is 6.03 Å². The number of nitrogens with two attached hydrogens (primary N) is 1. The molecule has 0 saturated carbocycles. The summed E-state index contributed by atoms with van der Waals surface area (Å²) in [5.41, 5.74) is 7.65. The molecule has 0 fully saturated rings. The summed E-state index contributed by atoms with van der Waals surface area (Å²) in [5.74, 6) is 1.05. The quantitative estimate of drug-likeness (QED) is 0.779. The van der Waals surface area contributed by atoms with Gasteiger partial charge in [-0.2, -0.15) is 0 Å². The zero-order valence-electron chi connectivity index (χ0n) is 13.8. The number of carbonyl (C=O) groups is 2. The van der Waals surface area contributed by atoms with Crippen LogP contribution in [0.1, 0.15) is 33.8 Å². The van der Waals surface area contributed by atoms with Gasteiger partial charge in [0.2, 0.25) is 0 Å². The van der Waals surface area contributed by atoms with E-state index in [9.17, 15) is 9.59 Å². The molecule has 3 rings (SSSR count). The molecule has 0 aliphatic carbocycles. The Bertz CT molecular complexity index is 759. The predicted molar refractivity (Wildman–Crippen MR) is 94.5 cm³/mol. The molecule has 1 unspecified atom stereocenters. The molecule has 2 aromatic carbocycles. The van der Waals surface area contributed by atoms with E-state index in [2.05, 4.69) is 10.6 Å². The van der Waals surface area contributed by atoms with Gasteiger partial charge in [0, 0.05) is 24.6 Å². The lowest BCUT2D eigenvalue weighted by Gasteiger charge is -2.26. The van der Waals surface area contributed by atoms with Gasteiger partial charge in [-0.25, -0.2) is 4.79 Å². The molecule has 0 radical (unpaired) electrons. The Kier molecular flexibility index (Phi) is 5.18. The van der Waals surface area contributed by atoms with Gasteiger partial charge in [-0.15, -0.1) is 0 Å². The minimum Gasteiger partial charge on any atom is -0.493 e. The van der Waals surface area contributed by atoms with Crippen LogP contribution in [0.5, 0.6) is 5.75 Å². The molecule has 1 aliphatic rings. The highest BCUT2D eigenvalue weighted by atomic mass is 16.5. The molecule has 2 aromatic rings. The number of urea groups is 1. The molecular formula is C19H21N3O3. The lowest BCUT2D eigenvalue weighted by Crippen LogP contribution is -2.31. The summed E-state index contributed by atoms with van der Waals surface area (Å²) in [7, 11) is 0. The monoisotopic (exact) mass is 339 g/mol. The molecule has 130 valence electrons. The first-order valence-corrected chi connectivity index (χ1v) is 8.25. The number of hydrogen-bond donors (Lipinski definition) is 3. The minimum atomic E-state index is -0.571. The lowest BCUT2D eigenvalue weighted by molar-refractivity contribution is 0.0948. The highest BCUT2D eigenvalue weighted by molar-refractivity contribution is 5.94. The van der Waals surface area contributed by atoms with Crippen molar-refractivity contribution in [2.75, 3.05) is 13.2 Å². The SMILES string of the molecule is NC(=O)NCc1ccc(C(=O)NCC2CCOc3ccccc32)cc1. The van der Waals surface area contributed by atoms with E-state index in [1.165, 1.54) is 0 Å². The van der Waals surface area contributed by atoms with Gasteiger partial charge in [-0.3, -0.25) is 4.79 Å². The van der Waals surface area contributed by atoms with E-state index in [1.54, 1.807) is 24.3 Å². The molecule has 0 aromatic heterocycles.